The first kappa shape index (κ1) is 17.1. The summed E-state index contributed by atoms with van der Waals surface area (Å²) in [6.45, 7) is 5.52. The second-order valence-electron chi connectivity index (χ2n) is 5.70. The van der Waals surface area contributed by atoms with Gasteiger partial charge in [0.05, 0.1) is 17.8 Å². The van der Waals surface area contributed by atoms with E-state index in [0.717, 1.165) is 10.6 Å². The topological polar surface area (TPSA) is 79.8 Å². The second-order valence-corrected chi connectivity index (χ2v) is 6.88. The number of aromatic nitrogens is 3. The fourth-order valence-electron chi connectivity index (χ4n) is 2.39. The van der Waals surface area contributed by atoms with Gasteiger partial charge in [0.1, 0.15) is 5.82 Å². The first-order chi connectivity index (χ1) is 11.9. The molecule has 0 unspecified atom stereocenters. The van der Waals surface area contributed by atoms with Gasteiger partial charge in [-0.15, -0.1) is 0 Å². The number of carbonyl (C=O) groups excluding carboxylic acids is 1. The molecule has 0 fully saturated rings. The molecule has 3 rings (SSSR count). The van der Waals surface area contributed by atoms with Crippen molar-refractivity contribution in [2.75, 3.05) is 5.32 Å². The number of anilines is 1. The normalized spacial score (nSPS) is 10.9. The largest absolute Gasteiger partial charge is 0.323 e. The first-order valence-corrected chi connectivity index (χ1v) is 8.47. The third kappa shape index (κ3) is 3.39. The van der Waals surface area contributed by atoms with Gasteiger partial charge in [-0.3, -0.25) is 14.7 Å². The van der Waals surface area contributed by atoms with E-state index in [4.69, 9.17) is 0 Å². The molecule has 1 aromatic carbocycles. The molecule has 0 aliphatic rings. The quantitative estimate of drug-likeness (QED) is 0.751. The van der Waals surface area contributed by atoms with Crippen LogP contribution in [0.2, 0.25) is 0 Å². The van der Waals surface area contributed by atoms with Crippen LogP contribution in [0.25, 0.3) is 5.13 Å². The first-order valence-electron chi connectivity index (χ1n) is 7.66. The number of halogens is 1. The molecule has 6 nitrogen and oxygen atoms in total. The SMILES string of the molecule is Cc1nc(-n2[nH]c(C)c(CC(=O)Nc3ccccc3F)c2=O)sc1C. The highest BCUT2D eigenvalue weighted by molar-refractivity contribution is 7.14. The molecule has 2 aromatic heterocycles. The minimum atomic E-state index is -0.521. The summed E-state index contributed by atoms with van der Waals surface area (Å²) in [6, 6.07) is 5.90. The Bertz CT molecular complexity index is 983. The van der Waals surface area contributed by atoms with E-state index in [0.29, 0.717) is 16.4 Å². The smallest absolute Gasteiger partial charge is 0.277 e. The zero-order valence-electron chi connectivity index (χ0n) is 14.0. The Morgan fingerprint density at radius 3 is 2.68 bits per heavy atom. The van der Waals surface area contributed by atoms with Crippen LogP contribution in [-0.4, -0.2) is 20.7 Å². The van der Waals surface area contributed by atoms with Crippen LogP contribution in [0.1, 0.15) is 21.8 Å². The maximum absolute atomic E-state index is 13.6. The van der Waals surface area contributed by atoms with Gasteiger partial charge in [-0.25, -0.2) is 9.37 Å². The Kier molecular flexibility index (Phi) is 4.54. The molecule has 0 spiro atoms. The average Bonchev–Trinajstić information content (AvgIpc) is 3.03. The fraction of sp³-hybridized carbons (Fsp3) is 0.235. The number of hydrogen-bond acceptors (Lipinski definition) is 4. The lowest BCUT2D eigenvalue weighted by atomic mass is 10.2. The second kappa shape index (κ2) is 6.64. The van der Waals surface area contributed by atoms with Gasteiger partial charge >= 0.3 is 0 Å². The van der Waals surface area contributed by atoms with Crippen LogP contribution in [0, 0.1) is 26.6 Å². The van der Waals surface area contributed by atoms with Crippen LogP contribution in [0.4, 0.5) is 10.1 Å². The Morgan fingerprint density at radius 1 is 1.32 bits per heavy atom. The number of nitrogens with zero attached hydrogens (tertiary/aromatic N) is 2. The van der Waals surface area contributed by atoms with Crippen molar-refractivity contribution in [2.45, 2.75) is 27.2 Å². The maximum Gasteiger partial charge on any atom is 0.277 e. The molecule has 0 aliphatic carbocycles. The summed E-state index contributed by atoms with van der Waals surface area (Å²) in [7, 11) is 0. The Hall–Kier alpha value is -2.74. The van der Waals surface area contributed by atoms with Crippen molar-refractivity contribution in [1.29, 1.82) is 0 Å². The Morgan fingerprint density at radius 2 is 2.04 bits per heavy atom. The van der Waals surface area contributed by atoms with Gasteiger partial charge in [0.2, 0.25) is 11.0 Å². The van der Waals surface area contributed by atoms with Crippen LogP contribution < -0.4 is 10.9 Å². The molecular weight excluding hydrogens is 343 g/mol. The van der Waals surface area contributed by atoms with Crippen molar-refractivity contribution in [3.05, 3.63) is 62.3 Å². The summed E-state index contributed by atoms with van der Waals surface area (Å²) < 4.78 is 15.0. The number of benzene rings is 1. The number of para-hydroxylation sites is 1. The molecule has 0 saturated carbocycles. The monoisotopic (exact) mass is 360 g/mol. The Balaban J connectivity index is 1.85. The lowest BCUT2D eigenvalue weighted by Crippen LogP contribution is -2.22. The van der Waals surface area contributed by atoms with Gasteiger partial charge in [0.15, 0.2) is 0 Å². The molecule has 2 N–H and O–H groups in total. The van der Waals surface area contributed by atoms with E-state index in [1.807, 2.05) is 13.8 Å². The number of H-pyrrole nitrogens is 1. The molecule has 0 aliphatic heterocycles. The lowest BCUT2D eigenvalue weighted by molar-refractivity contribution is -0.115. The number of amides is 1. The molecule has 0 radical (unpaired) electrons. The van der Waals surface area contributed by atoms with Gasteiger partial charge in [0, 0.05) is 16.1 Å². The summed E-state index contributed by atoms with van der Waals surface area (Å²) in [5.74, 6) is -0.976. The number of thiazole rings is 1. The minimum absolute atomic E-state index is 0.0900. The van der Waals surface area contributed by atoms with Gasteiger partial charge in [-0.1, -0.05) is 23.5 Å². The number of hydrogen-bond donors (Lipinski definition) is 2. The van der Waals surface area contributed by atoms with Crippen molar-refractivity contribution in [3.8, 4) is 5.13 Å². The number of aromatic amines is 1. The van der Waals surface area contributed by atoms with Crippen LogP contribution in [0.15, 0.2) is 29.1 Å². The van der Waals surface area contributed by atoms with Gasteiger partial charge in [-0.05, 0) is 32.9 Å². The molecule has 8 heteroatoms. The molecule has 1 amide bonds. The standard InChI is InChI=1S/C17H17FN4O2S/c1-9-11(3)25-17(19-9)22-16(24)12(10(2)21-22)8-15(23)20-14-7-5-4-6-13(14)18/h4-7,21H,8H2,1-3H3,(H,20,23). The van der Waals surface area contributed by atoms with Crippen LogP contribution in [0.5, 0.6) is 0 Å². The highest BCUT2D eigenvalue weighted by Gasteiger charge is 2.18. The van der Waals surface area contributed by atoms with Crippen LogP contribution in [0.3, 0.4) is 0 Å². The minimum Gasteiger partial charge on any atom is -0.323 e. The molecule has 0 bridgehead atoms. The summed E-state index contributed by atoms with van der Waals surface area (Å²) in [5.41, 5.74) is 1.54. The average molecular weight is 360 g/mol. The van der Waals surface area contributed by atoms with E-state index in [1.165, 1.54) is 34.2 Å². The molecule has 0 saturated heterocycles. The third-order valence-corrected chi connectivity index (χ3v) is 4.95. The van der Waals surface area contributed by atoms with E-state index >= 15 is 0 Å². The Labute approximate surface area is 147 Å². The van der Waals surface area contributed by atoms with E-state index in [1.54, 1.807) is 13.0 Å². The lowest BCUT2D eigenvalue weighted by Gasteiger charge is -2.05. The molecule has 25 heavy (non-hydrogen) atoms. The predicted octanol–water partition coefficient (Wildman–Crippen LogP) is 2.87. The summed E-state index contributed by atoms with van der Waals surface area (Å²) >= 11 is 1.40. The van der Waals surface area contributed by atoms with Crippen LogP contribution >= 0.6 is 11.3 Å². The van der Waals surface area contributed by atoms with Crippen molar-refractivity contribution < 1.29 is 9.18 Å². The highest BCUT2D eigenvalue weighted by atomic mass is 32.1. The highest BCUT2D eigenvalue weighted by Crippen LogP contribution is 2.19. The number of carbonyl (C=O) groups is 1. The maximum atomic E-state index is 13.6. The van der Waals surface area contributed by atoms with Crippen molar-refractivity contribution in [1.82, 2.24) is 14.8 Å². The van der Waals surface area contributed by atoms with E-state index in [-0.39, 0.29) is 17.7 Å². The van der Waals surface area contributed by atoms with Crippen LogP contribution in [-0.2, 0) is 11.2 Å². The number of rotatable bonds is 4. The van der Waals surface area contributed by atoms with E-state index in [2.05, 4.69) is 15.4 Å². The van der Waals surface area contributed by atoms with Gasteiger partial charge in [0.25, 0.3) is 5.56 Å². The zero-order valence-corrected chi connectivity index (χ0v) is 14.8. The summed E-state index contributed by atoms with van der Waals surface area (Å²) in [5, 5.41) is 5.97. The molecule has 130 valence electrons. The molecule has 3 aromatic rings. The van der Waals surface area contributed by atoms with Crippen molar-refractivity contribution in [3.63, 3.8) is 0 Å². The van der Waals surface area contributed by atoms with Crippen molar-refractivity contribution >= 4 is 22.9 Å². The van der Waals surface area contributed by atoms with E-state index in [9.17, 15) is 14.0 Å². The molecule has 2 heterocycles. The van der Waals surface area contributed by atoms with E-state index < -0.39 is 11.7 Å². The molecule has 0 atom stereocenters. The molecular formula is C17H17FN4O2S. The van der Waals surface area contributed by atoms with Crippen molar-refractivity contribution in [2.24, 2.45) is 0 Å². The zero-order chi connectivity index (χ0) is 18.1. The fourth-order valence-corrected chi connectivity index (χ4v) is 3.26. The number of nitrogens with one attached hydrogen (secondary N) is 2. The number of aryl methyl sites for hydroxylation is 3. The van der Waals surface area contributed by atoms with Gasteiger partial charge < -0.3 is 5.32 Å². The van der Waals surface area contributed by atoms with Gasteiger partial charge in [-0.2, -0.15) is 4.68 Å². The summed E-state index contributed by atoms with van der Waals surface area (Å²) in [4.78, 5) is 30.2. The summed E-state index contributed by atoms with van der Waals surface area (Å²) in [6.07, 6.45) is -0.147. The third-order valence-electron chi connectivity index (χ3n) is 3.89. The predicted molar refractivity (Wildman–Crippen MR) is 95.0 cm³/mol.